The molecule has 1 amide bonds. The Labute approximate surface area is 110 Å². The highest BCUT2D eigenvalue weighted by atomic mass is 35.5. The van der Waals surface area contributed by atoms with Crippen LogP contribution < -0.4 is 5.32 Å². The lowest BCUT2D eigenvalue weighted by Gasteiger charge is -2.19. The van der Waals surface area contributed by atoms with Crippen LogP contribution in [0.15, 0.2) is 24.3 Å². The normalized spacial score (nSPS) is 26.8. The zero-order valence-corrected chi connectivity index (χ0v) is 10.9. The maximum atomic E-state index is 11.8. The number of benzene rings is 1. The number of hydrogen-bond donors (Lipinski definition) is 1. The van der Waals surface area contributed by atoms with Crippen molar-refractivity contribution < 1.29 is 14.3 Å². The summed E-state index contributed by atoms with van der Waals surface area (Å²) in [5.74, 6) is -1.79. The van der Waals surface area contributed by atoms with Crippen LogP contribution in [0.4, 0.5) is 0 Å². The van der Waals surface area contributed by atoms with Crippen LogP contribution in [0, 0.1) is 5.92 Å². The van der Waals surface area contributed by atoms with E-state index < -0.39 is 11.9 Å². The summed E-state index contributed by atoms with van der Waals surface area (Å²) in [6, 6.07) is 7.06. The molecule has 0 spiro atoms. The number of halogens is 1. The van der Waals surface area contributed by atoms with Crippen LogP contribution in [-0.4, -0.2) is 25.0 Å². The SMILES string of the molecule is COC(=O)[C@@H]1C(=O)N[C@@H](C)[C@@H]1c1ccc(Cl)cc1. The standard InChI is InChI=1S/C13H14ClNO3/c1-7-10(8-3-5-9(14)6-4-8)11(12(16)15-7)13(17)18-2/h3-7,10-11H,1-2H3,(H,15,16)/t7-,10+,11-/m0/s1. The highest BCUT2D eigenvalue weighted by molar-refractivity contribution is 6.30. The van der Waals surface area contributed by atoms with Crippen LogP contribution in [0.2, 0.25) is 5.02 Å². The third-order valence-corrected chi connectivity index (χ3v) is 3.51. The fourth-order valence-corrected chi connectivity index (χ4v) is 2.53. The highest BCUT2D eigenvalue weighted by Gasteiger charge is 2.46. The zero-order chi connectivity index (χ0) is 13.3. The minimum absolute atomic E-state index is 0.109. The molecule has 0 bridgehead atoms. The molecule has 1 saturated heterocycles. The van der Waals surface area contributed by atoms with Crippen molar-refractivity contribution >= 4 is 23.5 Å². The Bertz CT molecular complexity index is 464. The molecular weight excluding hydrogens is 254 g/mol. The van der Waals surface area contributed by atoms with Crippen molar-refractivity contribution in [2.75, 3.05) is 7.11 Å². The number of esters is 1. The van der Waals surface area contributed by atoms with Crippen LogP contribution in [0.25, 0.3) is 0 Å². The predicted molar refractivity (Wildman–Crippen MR) is 67.3 cm³/mol. The van der Waals surface area contributed by atoms with E-state index in [1.165, 1.54) is 7.11 Å². The van der Waals surface area contributed by atoms with Crippen molar-refractivity contribution in [3.63, 3.8) is 0 Å². The molecule has 3 atom stereocenters. The van der Waals surface area contributed by atoms with Gasteiger partial charge in [0.25, 0.3) is 0 Å². The van der Waals surface area contributed by atoms with E-state index in [2.05, 4.69) is 5.32 Å². The molecule has 0 unspecified atom stereocenters. The van der Waals surface area contributed by atoms with Gasteiger partial charge >= 0.3 is 5.97 Å². The molecule has 1 aromatic rings. The molecule has 1 N–H and O–H groups in total. The van der Waals surface area contributed by atoms with E-state index in [0.29, 0.717) is 5.02 Å². The summed E-state index contributed by atoms with van der Waals surface area (Å²) in [5, 5.41) is 3.40. The minimum atomic E-state index is -0.786. The first-order valence-corrected chi connectivity index (χ1v) is 6.06. The third-order valence-electron chi connectivity index (χ3n) is 3.26. The average molecular weight is 268 g/mol. The van der Waals surface area contributed by atoms with E-state index in [4.69, 9.17) is 16.3 Å². The Morgan fingerprint density at radius 1 is 1.33 bits per heavy atom. The Balaban J connectivity index is 2.36. The van der Waals surface area contributed by atoms with Crippen LogP contribution in [0.5, 0.6) is 0 Å². The van der Waals surface area contributed by atoms with E-state index in [1.54, 1.807) is 12.1 Å². The maximum absolute atomic E-state index is 11.8. The largest absolute Gasteiger partial charge is 0.468 e. The van der Waals surface area contributed by atoms with Crippen molar-refractivity contribution in [3.05, 3.63) is 34.9 Å². The van der Waals surface area contributed by atoms with Gasteiger partial charge in [-0.15, -0.1) is 0 Å². The average Bonchev–Trinajstić information content (AvgIpc) is 2.64. The lowest BCUT2D eigenvalue weighted by atomic mass is 9.84. The molecular formula is C13H14ClNO3. The van der Waals surface area contributed by atoms with Crippen LogP contribution in [0.3, 0.4) is 0 Å². The molecule has 1 fully saturated rings. The summed E-state index contributed by atoms with van der Waals surface area (Å²) < 4.78 is 4.70. The predicted octanol–water partition coefficient (Wildman–Crippen LogP) is 1.73. The quantitative estimate of drug-likeness (QED) is 0.656. The van der Waals surface area contributed by atoms with Gasteiger partial charge in [0.1, 0.15) is 5.92 Å². The van der Waals surface area contributed by atoms with Gasteiger partial charge in [-0.25, -0.2) is 0 Å². The number of carbonyl (C=O) groups excluding carboxylic acids is 2. The fourth-order valence-electron chi connectivity index (χ4n) is 2.40. The summed E-state index contributed by atoms with van der Waals surface area (Å²) in [4.78, 5) is 23.5. The van der Waals surface area contributed by atoms with Gasteiger partial charge in [-0.05, 0) is 24.6 Å². The first-order valence-electron chi connectivity index (χ1n) is 5.68. The minimum Gasteiger partial charge on any atom is -0.468 e. The van der Waals surface area contributed by atoms with Gasteiger partial charge < -0.3 is 10.1 Å². The van der Waals surface area contributed by atoms with Gasteiger partial charge in [0.05, 0.1) is 7.11 Å². The smallest absolute Gasteiger partial charge is 0.318 e. The molecule has 0 aliphatic carbocycles. The molecule has 4 nitrogen and oxygen atoms in total. The summed E-state index contributed by atoms with van der Waals surface area (Å²) in [7, 11) is 1.29. The lowest BCUT2D eigenvalue weighted by molar-refractivity contribution is -0.149. The number of carbonyl (C=O) groups is 2. The molecule has 96 valence electrons. The molecule has 1 heterocycles. The fraction of sp³-hybridized carbons (Fsp3) is 0.385. The number of nitrogens with one attached hydrogen (secondary N) is 1. The van der Waals surface area contributed by atoms with Gasteiger partial charge in [-0.3, -0.25) is 9.59 Å². The lowest BCUT2D eigenvalue weighted by Crippen LogP contribution is -2.28. The van der Waals surface area contributed by atoms with E-state index in [9.17, 15) is 9.59 Å². The Hall–Kier alpha value is -1.55. The molecule has 2 rings (SSSR count). The molecule has 0 aromatic heterocycles. The van der Waals surface area contributed by atoms with Gasteiger partial charge in [-0.1, -0.05) is 23.7 Å². The molecule has 1 aliphatic rings. The zero-order valence-electron chi connectivity index (χ0n) is 10.1. The summed E-state index contributed by atoms with van der Waals surface area (Å²) in [5.41, 5.74) is 0.903. The van der Waals surface area contributed by atoms with Gasteiger partial charge in [0.15, 0.2) is 0 Å². The van der Waals surface area contributed by atoms with E-state index in [-0.39, 0.29) is 17.9 Å². The Morgan fingerprint density at radius 3 is 2.50 bits per heavy atom. The summed E-state index contributed by atoms with van der Waals surface area (Å²) in [6.07, 6.45) is 0. The molecule has 5 heteroatoms. The van der Waals surface area contributed by atoms with Crippen molar-refractivity contribution in [3.8, 4) is 0 Å². The second kappa shape index (κ2) is 4.98. The second-order valence-electron chi connectivity index (χ2n) is 4.38. The number of amides is 1. The molecule has 0 saturated carbocycles. The van der Waals surface area contributed by atoms with Crippen LogP contribution >= 0.6 is 11.6 Å². The molecule has 0 radical (unpaired) electrons. The number of rotatable bonds is 2. The van der Waals surface area contributed by atoms with E-state index in [1.807, 2.05) is 19.1 Å². The number of hydrogen-bond acceptors (Lipinski definition) is 3. The van der Waals surface area contributed by atoms with Crippen LogP contribution in [-0.2, 0) is 14.3 Å². The van der Waals surface area contributed by atoms with Gasteiger partial charge in [-0.2, -0.15) is 0 Å². The molecule has 18 heavy (non-hydrogen) atoms. The summed E-state index contributed by atoms with van der Waals surface area (Å²) >= 11 is 5.84. The third kappa shape index (κ3) is 2.20. The van der Waals surface area contributed by atoms with Crippen molar-refractivity contribution in [1.82, 2.24) is 5.32 Å². The molecule has 1 aromatic carbocycles. The Morgan fingerprint density at radius 2 is 1.94 bits per heavy atom. The van der Waals surface area contributed by atoms with Crippen molar-refractivity contribution in [1.29, 1.82) is 0 Å². The first-order chi connectivity index (χ1) is 8.54. The number of methoxy groups -OCH3 is 1. The first kappa shape index (κ1) is 12.9. The topological polar surface area (TPSA) is 55.4 Å². The van der Waals surface area contributed by atoms with E-state index >= 15 is 0 Å². The monoisotopic (exact) mass is 267 g/mol. The molecule has 1 aliphatic heterocycles. The van der Waals surface area contributed by atoms with Gasteiger partial charge in [0.2, 0.25) is 5.91 Å². The van der Waals surface area contributed by atoms with Crippen LogP contribution in [0.1, 0.15) is 18.4 Å². The van der Waals surface area contributed by atoms with E-state index in [0.717, 1.165) is 5.56 Å². The maximum Gasteiger partial charge on any atom is 0.318 e. The second-order valence-corrected chi connectivity index (χ2v) is 4.81. The highest BCUT2D eigenvalue weighted by Crippen LogP contribution is 2.34. The van der Waals surface area contributed by atoms with Crippen molar-refractivity contribution in [2.45, 2.75) is 18.9 Å². The number of ether oxygens (including phenoxy) is 1. The van der Waals surface area contributed by atoms with Crippen molar-refractivity contribution in [2.24, 2.45) is 5.92 Å². The summed E-state index contributed by atoms with van der Waals surface area (Å²) in [6.45, 7) is 1.88. The Kier molecular flexibility index (Phi) is 3.57. The van der Waals surface area contributed by atoms with Gasteiger partial charge in [0, 0.05) is 17.0 Å².